The number of fused-ring (bicyclic) bond motifs is 1. The van der Waals surface area contributed by atoms with Crippen molar-refractivity contribution in [2.45, 2.75) is 45.8 Å². The molecule has 3 rings (SSSR count). The second-order valence-corrected chi connectivity index (χ2v) is 7.45. The largest absolute Gasteiger partial charge is 0.488 e. The number of furan rings is 1. The summed E-state index contributed by atoms with van der Waals surface area (Å²) in [6.07, 6.45) is 0.142. The molecule has 26 heavy (non-hydrogen) atoms. The van der Waals surface area contributed by atoms with E-state index in [-0.39, 0.29) is 18.0 Å². The molecule has 7 heteroatoms. The number of carboxylic acid groups (broad SMARTS) is 1. The number of carbonyl (C=O) groups excluding carboxylic acids is 1. The quantitative estimate of drug-likeness (QED) is 0.894. The summed E-state index contributed by atoms with van der Waals surface area (Å²) in [7, 11) is 0. The summed E-state index contributed by atoms with van der Waals surface area (Å²) in [4.78, 5) is 25.1. The average molecular weight is 361 g/mol. The van der Waals surface area contributed by atoms with Gasteiger partial charge in [-0.05, 0) is 39.8 Å². The van der Waals surface area contributed by atoms with Gasteiger partial charge in [0.15, 0.2) is 0 Å². The molecule has 1 saturated heterocycles. The second-order valence-electron chi connectivity index (χ2n) is 7.45. The van der Waals surface area contributed by atoms with Crippen molar-refractivity contribution < 1.29 is 28.6 Å². The molecule has 140 valence electrons. The van der Waals surface area contributed by atoms with Gasteiger partial charge in [-0.15, -0.1) is 0 Å². The number of rotatable bonds is 3. The smallest absolute Gasteiger partial charge is 0.410 e. The number of amides is 1. The third-order valence-electron chi connectivity index (χ3n) is 4.20. The van der Waals surface area contributed by atoms with Crippen LogP contribution in [-0.4, -0.2) is 46.9 Å². The first-order valence-corrected chi connectivity index (χ1v) is 8.55. The molecule has 2 aromatic rings. The number of aromatic carboxylic acids is 1. The summed E-state index contributed by atoms with van der Waals surface area (Å²) in [5, 5.41) is 9.89. The highest BCUT2D eigenvalue weighted by Gasteiger charge is 2.31. The molecule has 7 nitrogen and oxygen atoms in total. The van der Waals surface area contributed by atoms with Crippen molar-refractivity contribution >= 4 is 23.0 Å². The lowest BCUT2D eigenvalue weighted by molar-refractivity contribution is 0.0275. The Balaban J connectivity index is 1.76. The van der Waals surface area contributed by atoms with E-state index in [9.17, 15) is 14.7 Å². The van der Waals surface area contributed by atoms with Crippen molar-refractivity contribution in [3.8, 4) is 5.75 Å². The van der Waals surface area contributed by atoms with Crippen molar-refractivity contribution in [1.82, 2.24) is 4.90 Å². The van der Waals surface area contributed by atoms with Gasteiger partial charge >= 0.3 is 12.1 Å². The number of carboxylic acids is 1. The van der Waals surface area contributed by atoms with Gasteiger partial charge in [0.05, 0.1) is 11.9 Å². The van der Waals surface area contributed by atoms with E-state index in [1.165, 1.54) is 0 Å². The Morgan fingerprint density at radius 1 is 1.31 bits per heavy atom. The fourth-order valence-electron chi connectivity index (χ4n) is 3.06. The highest BCUT2D eigenvalue weighted by Crippen LogP contribution is 2.34. The maximum Gasteiger partial charge on any atom is 0.410 e. The van der Waals surface area contributed by atoms with Gasteiger partial charge in [-0.1, -0.05) is 6.07 Å². The van der Waals surface area contributed by atoms with Crippen LogP contribution in [0.1, 0.15) is 43.3 Å². The van der Waals surface area contributed by atoms with Crippen molar-refractivity contribution in [3.63, 3.8) is 0 Å². The van der Waals surface area contributed by atoms with Gasteiger partial charge in [-0.3, -0.25) is 0 Å². The molecule has 1 aromatic carbocycles. The lowest BCUT2D eigenvalue weighted by Crippen LogP contribution is -2.36. The molecular weight excluding hydrogens is 338 g/mol. The first-order chi connectivity index (χ1) is 12.2. The van der Waals surface area contributed by atoms with Crippen LogP contribution in [-0.2, 0) is 4.74 Å². The summed E-state index contributed by atoms with van der Waals surface area (Å²) in [5.41, 5.74) is 0.465. The number of nitrogens with zero attached hydrogens (tertiary/aromatic N) is 1. The Morgan fingerprint density at radius 3 is 2.69 bits per heavy atom. The van der Waals surface area contributed by atoms with E-state index in [0.717, 1.165) is 0 Å². The van der Waals surface area contributed by atoms with Crippen LogP contribution in [0.25, 0.3) is 11.0 Å². The molecule has 1 aliphatic heterocycles. The van der Waals surface area contributed by atoms with Crippen LogP contribution in [0.5, 0.6) is 5.75 Å². The van der Waals surface area contributed by atoms with E-state index in [2.05, 4.69) is 0 Å². The van der Waals surface area contributed by atoms with Crippen LogP contribution in [0, 0.1) is 6.92 Å². The van der Waals surface area contributed by atoms with Crippen molar-refractivity contribution in [1.29, 1.82) is 0 Å². The number of likely N-dealkylation sites (tertiary alicyclic amines) is 1. The van der Waals surface area contributed by atoms with Gasteiger partial charge in [0.1, 0.15) is 23.0 Å². The van der Waals surface area contributed by atoms with Crippen molar-refractivity contribution in [2.24, 2.45) is 0 Å². The average Bonchev–Trinajstić information content (AvgIpc) is 3.11. The van der Waals surface area contributed by atoms with Crippen LogP contribution >= 0.6 is 0 Å². The van der Waals surface area contributed by atoms with E-state index >= 15 is 0 Å². The second kappa shape index (κ2) is 6.55. The molecule has 1 amide bonds. The molecule has 1 fully saturated rings. The standard InChI is InChI=1S/C19H23NO6/c1-11-15-13(6-5-7-14(15)25-16(11)17(21)22)24-12-8-9-20(10-12)18(23)26-19(2,3)4/h5-7,12H,8-10H2,1-4H3,(H,21,22). The predicted molar refractivity (Wildman–Crippen MR) is 94.8 cm³/mol. The Labute approximate surface area is 151 Å². The molecule has 0 spiro atoms. The summed E-state index contributed by atoms with van der Waals surface area (Å²) >= 11 is 0. The number of carbonyl (C=O) groups is 2. The van der Waals surface area contributed by atoms with Crippen LogP contribution in [0.15, 0.2) is 22.6 Å². The van der Waals surface area contributed by atoms with Gasteiger partial charge < -0.3 is 23.9 Å². The number of hydrogen-bond donors (Lipinski definition) is 1. The molecule has 0 bridgehead atoms. The maximum absolute atomic E-state index is 12.2. The molecule has 1 N–H and O–H groups in total. The first kappa shape index (κ1) is 18.1. The summed E-state index contributed by atoms with van der Waals surface area (Å²) in [5.74, 6) is -0.633. The number of ether oxygens (including phenoxy) is 2. The Kier molecular flexibility index (Phi) is 4.56. The summed E-state index contributed by atoms with van der Waals surface area (Å²) in [6, 6.07) is 5.25. The highest BCUT2D eigenvalue weighted by atomic mass is 16.6. The molecule has 0 radical (unpaired) electrons. The lowest BCUT2D eigenvalue weighted by Gasteiger charge is -2.24. The Morgan fingerprint density at radius 2 is 2.04 bits per heavy atom. The van der Waals surface area contributed by atoms with Crippen molar-refractivity contribution in [2.75, 3.05) is 13.1 Å². The SMILES string of the molecule is Cc1c(C(=O)O)oc2cccc(OC3CCN(C(=O)OC(C)(C)C)C3)c12. The number of hydrogen-bond acceptors (Lipinski definition) is 5. The van der Waals surface area contributed by atoms with E-state index in [1.807, 2.05) is 20.8 Å². The lowest BCUT2D eigenvalue weighted by atomic mass is 10.1. The van der Waals surface area contributed by atoms with E-state index in [0.29, 0.717) is 41.8 Å². The van der Waals surface area contributed by atoms with Crippen LogP contribution in [0.2, 0.25) is 0 Å². The fourth-order valence-corrected chi connectivity index (χ4v) is 3.06. The zero-order chi connectivity index (χ0) is 19.1. The van der Waals surface area contributed by atoms with Crippen LogP contribution < -0.4 is 4.74 Å². The minimum absolute atomic E-state index is 0.0853. The molecule has 1 aliphatic rings. The number of benzene rings is 1. The molecular formula is C19H23NO6. The zero-order valence-corrected chi connectivity index (χ0v) is 15.4. The molecule has 2 heterocycles. The monoisotopic (exact) mass is 361 g/mol. The third kappa shape index (κ3) is 3.61. The van der Waals surface area contributed by atoms with Gasteiger partial charge in [-0.2, -0.15) is 0 Å². The fraction of sp³-hybridized carbons (Fsp3) is 0.474. The normalized spacial score (nSPS) is 17.5. The highest BCUT2D eigenvalue weighted by molar-refractivity contribution is 5.97. The van der Waals surface area contributed by atoms with Gasteiger partial charge in [0.2, 0.25) is 5.76 Å². The van der Waals surface area contributed by atoms with Gasteiger partial charge in [-0.25, -0.2) is 9.59 Å². The number of aryl methyl sites for hydroxylation is 1. The van der Waals surface area contributed by atoms with Crippen LogP contribution in [0.4, 0.5) is 4.79 Å². The summed E-state index contributed by atoms with van der Waals surface area (Å²) in [6.45, 7) is 8.17. The topological polar surface area (TPSA) is 89.2 Å². The van der Waals surface area contributed by atoms with Gasteiger partial charge in [0, 0.05) is 18.5 Å². The third-order valence-corrected chi connectivity index (χ3v) is 4.20. The summed E-state index contributed by atoms with van der Waals surface area (Å²) < 4.78 is 16.9. The van der Waals surface area contributed by atoms with Crippen molar-refractivity contribution in [3.05, 3.63) is 29.5 Å². The Hall–Kier alpha value is -2.70. The molecule has 1 atom stereocenters. The van der Waals surface area contributed by atoms with E-state index < -0.39 is 11.6 Å². The Bertz CT molecular complexity index is 848. The molecule has 0 saturated carbocycles. The van der Waals surface area contributed by atoms with E-state index in [1.54, 1.807) is 30.0 Å². The zero-order valence-electron chi connectivity index (χ0n) is 15.4. The minimum atomic E-state index is -1.11. The van der Waals surface area contributed by atoms with E-state index in [4.69, 9.17) is 13.9 Å². The minimum Gasteiger partial charge on any atom is -0.488 e. The van der Waals surface area contributed by atoms with Crippen LogP contribution in [0.3, 0.4) is 0 Å². The molecule has 0 aliphatic carbocycles. The maximum atomic E-state index is 12.2. The molecule has 1 aromatic heterocycles. The molecule has 1 unspecified atom stereocenters. The predicted octanol–water partition coefficient (Wildman–Crippen LogP) is 3.83. The first-order valence-electron chi connectivity index (χ1n) is 8.55. The van der Waals surface area contributed by atoms with Gasteiger partial charge in [0.25, 0.3) is 0 Å².